The molecule has 36 heavy (non-hydrogen) atoms. The van der Waals surface area contributed by atoms with E-state index in [0.717, 1.165) is 45.5 Å². The third-order valence-corrected chi connectivity index (χ3v) is 8.47. The second kappa shape index (κ2) is 8.19. The summed E-state index contributed by atoms with van der Waals surface area (Å²) >= 11 is 1.80. The predicted octanol–water partition coefficient (Wildman–Crippen LogP) is 5.62. The summed E-state index contributed by atoms with van der Waals surface area (Å²) in [5, 5.41) is 20.9. The molecule has 184 valence electrons. The van der Waals surface area contributed by atoms with Gasteiger partial charge in [0.1, 0.15) is 11.2 Å². The third kappa shape index (κ3) is 3.85. The van der Waals surface area contributed by atoms with Crippen LogP contribution in [-0.4, -0.2) is 34.3 Å². The van der Waals surface area contributed by atoms with Crippen LogP contribution in [-0.2, 0) is 19.4 Å². The lowest BCUT2D eigenvalue weighted by molar-refractivity contribution is -0.389. The van der Waals surface area contributed by atoms with Gasteiger partial charge in [-0.3, -0.25) is 0 Å². The molecule has 0 fully saturated rings. The first-order valence-electron chi connectivity index (χ1n) is 12.1. The van der Waals surface area contributed by atoms with E-state index in [1.165, 1.54) is 22.9 Å². The minimum atomic E-state index is -0.471. The van der Waals surface area contributed by atoms with E-state index >= 15 is 0 Å². The molecule has 0 aliphatic heterocycles. The van der Waals surface area contributed by atoms with Crippen molar-refractivity contribution in [3.05, 3.63) is 68.5 Å². The van der Waals surface area contributed by atoms with Gasteiger partial charge in [-0.2, -0.15) is 4.68 Å². The molecule has 0 amide bonds. The van der Waals surface area contributed by atoms with E-state index in [-0.39, 0.29) is 5.82 Å². The molecule has 0 radical (unpaired) electrons. The van der Waals surface area contributed by atoms with Crippen molar-refractivity contribution in [2.75, 3.05) is 0 Å². The van der Waals surface area contributed by atoms with E-state index in [2.05, 4.69) is 25.9 Å². The number of rotatable bonds is 4. The first-order chi connectivity index (χ1) is 17.2. The van der Waals surface area contributed by atoms with Gasteiger partial charge in [-0.25, -0.2) is 14.5 Å². The molecule has 1 aliphatic carbocycles. The van der Waals surface area contributed by atoms with Crippen molar-refractivity contribution in [2.24, 2.45) is 11.3 Å². The van der Waals surface area contributed by atoms with Gasteiger partial charge in [0.15, 0.2) is 11.5 Å². The lowest BCUT2D eigenvalue weighted by atomic mass is 9.72. The highest BCUT2D eigenvalue weighted by Crippen LogP contribution is 2.43. The lowest BCUT2D eigenvalue weighted by Crippen LogP contribution is -2.26. The molecule has 0 bridgehead atoms. The minimum absolute atomic E-state index is 0.137. The van der Waals surface area contributed by atoms with Gasteiger partial charge in [0.05, 0.1) is 28.8 Å². The molecule has 0 unspecified atom stereocenters. The van der Waals surface area contributed by atoms with Crippen LogP contribution in [0, 0.1) is 28.4 Å². The quantitative estimate of drug-likeness (QED) is 0.234. The number of benzene rings is 1. The maximum atomic E-state index is 11.0. The molecule has 9 nitrogen and oxygen atoms in total. The fraction of sp³-hybridized carbons (Fsp3) is 0.385. The van der Waals surface area contributed by atoms with Crippen molar-refractivity contribution in [1.29, 1.82) is 0 Å². The molecule has 1 aromatic carbocycles. The number of fused-ring (bicyclic) bond motifs is 5. The molecule has 1 aliphatic rings. The van der Waals surface area contributed by atoms with E-state index in [0.29, 0.717) is 23.7 Å². The largest absolute Gasteiger partial charge is 0.390 e. The Labute approximate surface area is 212 Å². The molecular weight excluding hydrogens is 474 g/mol. The van der Waals surface area contributed by atoms with Crippen molar-refractivity contribution in [1.82, 2.24) is 29.4 Å². The Balaban J connectivity index is 1.31. The Morgan fingerprint density at radius 1 is 1.19 bits per heavy atom. The van der Waals surface area contributed by atoms with Gasteiger partial charge < -0.3 is 10.1 Å². The Bertz CT molecular complexity index is 1620. The zero-order valence-corrected chi connectivity index (χ0v) is 21.5. The smallest absolute Gasteiger partial charge is 0.358 e. The van der Waals surface area contributed by atoms with Crippen LogP contribution in [0.15, 0.2) is 36.7 Å². The third-order valence-electron chi connectivity index (χ3n) is 7.31. The van der Waals surface area contributed by atoms with Crippen LogP contribution >= 0.6 is 11.3 Å². The Kier molecular flexibility index (Phi) is 5.18. The molecule has 10 heteroatoms. The van der Waals surface area contributed by atoms with Crippen molar-refractivity contribution in [2.45, 2.75) is 53.5 Å². The zero-order valence-electron chi connectivity index (χ0n) is 20.7. The molecule has 0 spiro atoms. The molecule has 6 rings (SSSR count). The standard InChI is InChI=1S/C26H27N7O2S/c1-15-11-21(33(34)35)29-31(15)13-16-5-7-17(8-6-16)23-28-24-22-19-10-9-18(26(2,3)4)12-20(19)36-25(22)27-14-32(24)30-23/h5-8,11,14,18H,9-10,12-13H2,1-4H3/t18-/m0/s1. The van der Waals surface area contributed by atoms with Crippen LogP contribution in [0.1, 0.15) is 48.9 Å². The average molecular weight is 502 g/mol. The fourth-order valence-electron chi connectivity index (χ4n) is 5.11. The van der Waals surface area contributed by atoms with E-state index in [4.69, 9.17) is 15.1 Å². The summed E-state index contributed by atoms with van der Waals surface area (Å²) in [5.41, 5.74) is 5.22. The zero-order chi connectivity index (χ0) is 25.2. The summed E-state index contributed by atoms with van der Waals surface area (Å²) in [7, 11) is 0. The highest BCUT2D eigenvalue weighted by atomic mass is 32.1. The number of nitro groups is 1. The van der Waals surface area contributed by atoms with Crippen LogP contribution in [0.3, 0.4) is 0 Å². The number of hydrogen-bond acceptors (Lipinski definition) is 7. The summed E-state index contributed by atoms with van der Waals surface area (Å²) in [6, 6.07) is 9.43. The van der Waals surface area contributed by atoms with Crippen molar-refractivity contribution in [3.63, 3.8) is 0 Å². The monoisotopic (exact) mass is 501 g/mol. The summed E-state index contributed by atoms with van der Waals surface area (Å²) in [6.07, 6.45) is 5.11. The van der Waals surface area contributed by atoms with Crippen molar-refractivity contribution < 1.29 is 4.92 Å². The van der Waals surface area contributed by atoms with Gasteiger partial charge in [0, 0.05) is 10.4 Å². The van der Waals surface area contributed by atoms with Crippen molar-refractivity contribution >= 4 is 33.0 Å². The number of hydrogen-bond donors (Lipinski definition) is 0. The summed E-state index contributed by atoms with van der Waals surface area (Å²) in [6.45, 7) is 9.28. The number of nitrogens with zero attached hydrogens (tertiary/aromatic N) is 7. The molecule has 0 N–H and O–H groups in total. The van der Waals surface area contributed by atoms with Crippen LogP contribution in [0.25, 0.3) is 27.3 Å². The number of thiophene rings is 1. The Morgan fingerprint density at radius 2 is 1.97 bits per heavy atom. The molecule has 5 aromatic rings. The highest BCUT2D eigenvalue weighted by molar-refractivity contribution is 7.19. The number of aromatic nitrogens is 6. The Hall–Kier alpha value is -3.66. The topological polar surface area (TPSA) is 104 Å². The summed E-state index contributed by atoms with van der Waals surface area (Å²) < 4.78 is 3.43. The van der Waals surface area contributed by atoms with Gasteiger partial charge in [-0.05, 0) is 53.6 Å². The van der Waals surface area contributed by atoms with Crippen LogP contribution in [0.5, 0.6) is 0 Å². The fourth-order valence-corrected chi connectivity index (χ4v) is 6.37. The normalized spacial score (nSPS) is 16.1. The molecular formula is C26H27N7O2S. The SMILES string of the molecule is Cc1cc([N+](=O)[O-])nn1Cc1ccc(-c2nc3c4c5c(sc4ncn3n2)C[C@@H](C(C)(C)C)CC5)cc1. The van der Waals surface area contributed by atoms with E-state index in [1.807, 2.05) is 31.2 Å². The van der Waals surface area contributed by atoms with Crippen LogP contribution < -0.4 is 0 Å². The molecule has 1 atom stereocenters. The van der Waals surface area contributed by atoms with Gasteiger partial charge >= 0.3 is 5.82 Å². The van der Waals surface area contributed by atoms with Crippen molar-refractivity contribution in [3.8, 4) is 11.4 Å². The summed E-state index contributed by atoms with van der Waals surface area (Å²) in [4.78, 5) is 22.7. The van der Waals surface area contributed by atoms with E-state index < -0.39 is 4.92 Å². The number of aryl methyl sites for hydroxylation is 2. The molecule has 4 heterocycles. The molecule has 4 aromatic heterocycles. The van der Waals surface area contributed by atoms with Crippen LogP contribution in [0.4, 0.5) is 5.82 Å². The van der Waals surface area contributed by atoms with Gasteiger partial charge in [-0.15, -0.1) is 16.4 Å². The second-order valence-corrected chi connectivity index (χ2v) is 11.8. The summed E-state index contributed by atoms with van der Waals surface area (Å²) in [5.74, 6) is 1.20. The molecule has 0 saturated heterocycles. The van der Waals surface area contributed by atoms with Crippen LogP contribution in [0.2, 0.25) is 0 Å². The van der Waals surface area contributed by atoms with Gasteiger partial charge in [0.2, 0.25) is 0 Å². The average Bonchev–Trinajstić information content (AvgIpc) is 3.53. The van der Waals surface area contributed by atoms with Gasteiger partial charge in [-0.1, -0.05) is 45.0 Å². The minimum Gasteiger partial charge on any atom is -0.358 e. The lowest BCUT2D eigenvalue weighted by Gasteiger charge is -2.33. The highest BCUT2D eigenvalue weighted by Gasteiger charge is 2.31. The second-order valence-electron chi connectivity index (χ2n) is 10.7. The predicted molar refractivity (Wildman–Crippen MR) is 139 cm³/mol. The van der Waals surface area contributed by atoms with E-state index in [9.17, 15) is 10.1 Å². The molecule has 0 saturated carbocycles. The maximum Gasteiger partial charge on any atom is 0.390 e. The van der Waals surface area contributed by atoms with E-state index in [1.54, 1.807) is 26.9 Å². The maximum absolute atomic E-state index is 11.0. The van der Waals surface area contributed by atoms with Gasteiger partial charge in [0.25, 0.3) is 0 Å². The Morgan fingerprint density at radius 3 is 2.67 bits per heavy atom. The first kappa shape index (κ1) is 22.8. The first-order valence-corrected chi connectivity index (χ1v) is 12.9.